The van der Waals surface area contributed by atoms with E-state index in [4.69, 9.17) is 11.6 Å². The zero-order valence-electron chi connectivity index (χ0n) is 6.94. The van der Waals surface area contributed by atoms with Gasteiger partial charge in [-0.1, -0.05) is 6.07 Å². The van der Waals surface area contributed by atoms with E-state index in [2.05, 4.69) is 34.3 Å². The van der Waals surface area contributed by atoms with E-state index in [1.165, 1.54) is 10.4 Å². The molecule has 68 valence electrons. The first kappa shape index (κ1) is 9.25. The average Bonchev–Trinajstić information content (AvgIpc) is 2.74. The molecule has 0 saturated heterocycles. The molecule has 0 aromatic carbocycles. The fourth-order valence-corrected chi connectivity index (χ4v) is 3.11. The van der Waals surface area contributed by atoms with Crippen molar-refractivity contribution in [2.24, 2.45) is 0 Å². The smallest absolute Gasteiger partial charge is 0.0641 e. The largest absolute Gasteiger partial charge is 0.152 e. The molecular formula is C10H9ClS2. The minimum absolute atomic E-state index is 0.130. The van der Waals surface area contributed by atoms with Gasteiger partial charge in [0.05, 0.1) is 5.38 Å². The summed E-state index contributed by atoms with van der Waals surface area (Å²) < 4.78 is 0. The molecule has 2 aromatic rings. The van der Waals surface area contributed by atoms with Gasteiger partial charge in [0, 0.05) is 11.3 Å². The van der Waals surface area contributed by atoms with E-state index < -0.39 is 0 Å². The SMILES string of the molecule is ClC(Cc1cccs1)c1ccsc1. The third kappa shape index (κ3) is 2.33. The van der Waals surface area contributed by atoms with Crippen LogP contribution in [-0.2, 0) is 6.42 Å². The van der Waals surface area contributed by atoms with Gasteiger partial charge in [0.2, 0.25) is 0 Å². The second-order valence-electron chi connectivity index (χ2n) is 2.81. The lowest BCUT2D eigenvalue weighted by molar-refractivity contribution is 0.944. The molecule has 0 amide bonds. The van der Waals surface area contributed by atoms with Gasteiger partial charge in [-0.2, -0.15) is 11.3 Å². The van der Waals surface area contributed by atoms with Crippen LogP contribution in [0.15, 0.2) is 34.3 Å². The average molecular weight is 229 g/mol. The van der Waals surface area contributed by atoms with Gasteiger partial charge in [0.15, 0.2) is 0 Å². The maximum Gasteiger partial charge on any atom is 0.0641 e. The predicted molar refractivity (Wildman–Crippen MR) is 60.9 cm³/mol. The van der Waals surface area contributed by atoms with Gasteiger partial charge in [-0.05, 0) is 33.8 Å². The molecule has 1 unspecified atom stereocenters. The van der Waals surface area contributed by atoms with Crippen molar-refractivity contribution in [3.8, 4) is 0 Å². The number of hydrogen-bond donors (Lipinski definition) is 0. The van der Waals surface area contributed by atoms with Gasteiger partial charge < -0.3 is 0 Å². The fraction of sp³-hybridized carbons (Fsp3) is 0.200. The molecule has 0 fully saturated rings. The molecule has 13 heavy (non-hydrogen) atoms. The van der Waals surface area contributed by atoms with Crippen LogP contribution in [0.5, 0.6) is 0 Å². The zero-order valence-corrected chi connectivity index (χ0v) is 9.33. The molecule has 1 atom stereocenters. The molecule has 0 saturated carbocycles. The van der Waals surface area contributed by atoms with Gasteiger partial charge in [-0.15, -0.1) is 22.9 Å². The second kappa shape index (κ2) is 4.27. The van der Waals surface area contributed by atoms with Crippen LogP contribution in [0.25, 0.3) is 0 Å². The Hall–Kier alpha value is -0.310. The Labute approximate surface area is 90.8 Å². The normalized spacial score (nSPS) is 13.0. The van der Waals surface area contributed by atoms with Crippen LogP contribution in [0, 0.1) is 0 Å². The Kier molecular flexibility index (Phi) is 3.04. The summed E-state index contributed by atoms with van der Waals surface area (Å²) in [7, 11) is 0. The molecule has 0 spiro atoms. The molecule has 0 N–H and O–H groups in total. The summed E-state index contributed by atoms with van der Waals surface area (Å²) in [5, 5.41) is 6.40. The minimum atomic E-state index is 0.130. The van der Waals surface area contributed by atoms with E-state index in [0.29, 0.717) is 0 Å². The number of halogens is 1. The summed E-state index contributed by atoms with van der Waals surface area (Å²) in [6.07, 6.45) is 0.940. The molecular weight excluding hydrogens is 220 g/mol. The van der Waals surface area contributed by atoms with Crippen molar-refractivity contribution in [3.05, 3.63) is 44.8 Å². The Morgan fingerprint density at radius 3 is 2.85 bits per heavy atom. The molecule has 2 rings (SSSR count). The topological polar surface area (TPSA) is 0 Å². The van der Waals surface area contributed by atoms with Crippen molar-refractivity contribution in [1.29, 1.82) is 0 Å². The molecule has 2 heterocycles. The highest BCUT2D eigenvalue weighted by Crippen LogP contribution is 2.28. The Balaban J connectivity index is 2.04. The first-order valence-electron chi connectivity index (χ1n) is 4.05. The van der Waals surface area contributed by atoms with Crippen molar-refractivity contribution < 1.29 is 0 Å². The molecule has 0 aliphatic rings. The first-order chi connectivity index (χ1) is 6.36. The standard InChI is InChI=1S/C10H9ClS2/c11-10(8-3-5-12-7-8)6-9-2-1-4-13-9/h1-5,7,10H,6H2. The van der Waals surface area contributed by atoms with Crippen molar-refractivity contribution in [3.63, 3.8) is 0 Å². The molecule has 3 heteroatoms. The van der Waals surface area contributed by atoms with Gasteiger partial charge >= 0.3 is 0 Å². The molecule has 0 radical (unpaired) electrons. The van der Waals surface area contributed by atoms with Gasteiger partial charge in [0.25, 0.3) is 0 Å². The molecule has 2 aromatic heterocycles. The lowest BCUT2D eigenvalue weighted by Gasteiger charge is -2.04. The number of alkyl halides is 1. The van der Waals surface area contributed by atoms with E-state index >= 15 is 0 Å². The van der Waals surface area contributed by atoms with E-state index in [9.17, 15) is 0 Å². The van der Waals surface area contributed by atoms with Gasteiger partial charge in [-0.3, -0.25) is 0 Å². The molecule has 0 aliphatic heterocycles. The summed E-state index contributed by atoms with van der Waals surface area (Å²) in [5.41, 5.74) is 1.24. The minimum Gasteiger partial charge on any atom is -0.152 e. The van der Waals surface area contributed by atoms with Crippen LogP contribution in [0.1, 0.15) is 15.8 Å². The summed E-state index contributed by atoms with van der Waals surface area (Å²) in [5.74, 6) is 0. The van der Waals surface area contributed by atoms with Crippen molar-refractivity contribution in [2.75, 3.05) is 0 Å². The molecule has 0 aliphatic carbocycles. The van der Waals surface area contributed by atoms with Crippen LogP contribution in [0.3, 0.4) is 0 Å². The maximum atomic E-state index is 6.25. The highest BCUT2D eigenvalue weighted by atomic mass is 35.5. The van der Waals surface area contributed by atoms with Crippen LogP contribution in [0.2, 0.25) is 0 Å². The highest BCUT2D eigenvalue weighted by molar-refractivity contribution is 7.10. The van der Waals surface area contributed by atoms with Crippen LogP contribution in [0.4, 0.5) is 0 Å². The fourth-order valence-electron chi connectivity index (χ4n) is 1.18. The summed E-state index contributed by atoms with van der Waals surface area (Å²) >= 11 is 9.72. The van der Waals surface area contributed by atoms with Crippen LogP contribution < -0.4 is 0 Å². The van der Waals surface area contributed by atoms with E-state index in [1.807, 2.05) is 0 Å². The zero-order chi connectivity index (χ0) is 9.10. The third-order valence-electron chi connectivity index (χ3n) is 1.87. The van der Waals surface area contributed by atoms with Crippen molar-refractivity contribution in [2.45, 2.75) is 11.8 Å². The number of hydrogen-bond acceptors (Lipinski definition) is 2. The van der Waals surface area contributed by atoms with E-state index in [-0.39, 0.29) is 5.38 Å². The lowest BCUT2D eigenvalue weighted by atomic mass is 10.1. The summed E-state index contributed by atoms with van der Waals surface area (Å²) in [6.45, 7) is 0. The first-order valence-corrected chi connectivity index (χ1v) is 6.30. The predicted octanol–water partition coefficient (Wildman–Crippen LogP) is 4.33. The van der Waals surface area contributed by atoms with Crippen molar-refractivity contribution >= 4 is 34.3 Å². The van der Waals surface area contributed by atoms with Crippen molar-refractivity contribution in [1.82, 2.24) is 0 Å². The Bertz CT molecular complexity index is 337. The number of thiophene rings is 2. The Morgan fingerprint density at radius 2 is 2.23 bits per heavy atom. The maximum absolute atomic E-state index is 6.25. The molecule has 0 bridgehead atoms. The monoisotopic (exact) mass is 228 g/mol. The van der Waals surface area contributed by atoms with E-state index in [0.717, 1.165) is 6.42 Å². The highest BCUT2D eigenvalue weighted by Gasteiger charge is 2.09. The quantitative estimate of drug-likeness (QED) is 0.686. The summed E-state index contributed by atoms with van der Waals surface area (Å²) in [6, 6.07) is 6.29. The summed E-state index contributed by atoms with van der Waals surface area (Å²) in [4.78, 5) is 1.35. The second-order valence-corrected chi connectivity index (χ2v) is 5.15. The van der Waals surface area contributed by atoms with Crippen LogP contribution >= 0.6 is 34.3 Å². The Morgan fingerprint density at radius 1 is 1.31 bits per heavy atom. The third-order valence-corrected chi connectivity index (χ3v) is 3.87. The van der Waals surface area contributed by atoms with Gasteiger partial charge in [0.1, 0.15) is 0 Å². The molecule has 0 nitrogen and oxygen atoms in total. The lowest BCUT2D eigenvalue weighted by Crippen LogP contribution is -1.90. The van der Waals surface area contributed by atoms with E-state index in [1.54, 1.807) is 22.7 Å². The van der Waals surface area contributed by atoms with Gasteiger partial charge in [-0.25, -0.2) is 0 Å². The number of rotatable bonds is 3. The van der Waals surface area contributed by atoms with Crippen LogP contribution in [-0.4, -0.2) is 0 Å².